The molecule has 1 fully saturated rings. The summed E-state index contributed by atoms with van der Waals surface area (Å²) in [5.41, 5.74) is 5.46. The second-order valence-corrected chi connectivity index (χ2v) is 8.79. The molecule has 4 N–H and O–H groups in total. The molecule has 7 nitrogen and oxygen atoms in total. The van der Waals surface area contributed by atoms with Gasteiger partial charge in [0.1, 0.15) is 42.5 Å². The van der Waals surface area contributed by atoms with Crippen molar-refractivity contribution in [2.45, 2.75) is 56.9 Å². The molecule has 0 spiro atoms. The van der Waals surface area contributed by atoms with Crippen LogP contribution in [0, 0.1) is 0 Å². The number of aromatic amines is 1. The van der Waals surface area contributed by atoms with Crippen LogP contribution in [0.1, 0.15) is 41.7 Å². The van der Waals surface area contributed by atoms with Gasteiger partial charge in [0, 0.05) is 22.3 Å². The van der Waals surface area contributed by atoms with Crippen LogP contribution in [0.2, 0.25) is 5.02 Å². The molecule has 0 saturated carbocycles. The fourth-order valence-electron chi connectivity index (χ4n) is 4.50. The Morgan fingerprint density at radius 1 is 1.09 bits per heavy atom. The zero-order valence-electron chi connectivity index (χ0n) is 17.5. The lowest BCUT2D eigenvalue weighted by Crippen LogP contribution is -2.53. The number of aliphatic hydroxyl groups excluding tert-OH is 3. The van der Waals surface area contributed by atoms with Crippen LogP contribution in [-0.4, -0.2) is 49.9 Å². The van der Waals surface area contributed by atoms with E-state index >= 15 is 0 Å². The second kappa shape index (κ2) is 8.50. The van der Waals surface area contributed by atoms with E-state index in [4.69, 9.17) is 21.1 Å². The van der Waals surface area contributed by atoms with Crippen LogP contribution in [-0.2, 0) is 17.8 Å². The number of fused-ring (bicyclic) bond motifs is 3. The summed E-state index contributed by atoms with van der Waals surface area (Å²) in [5, 5.41) is 38.8. The number of aromatic nitrogens is 2. The number of nitrogens with one attached hydrogen (secondary N) is 1. The van der Waals surface area contributed by atoms with Crippen LogP contribution < -0.4 is 4.74 Å². The van der Waals surface area contributed by atoms with E-state index in [2.05, 4.69) is 16.3 Å². The van der Waals surface area contributed by atoms with Crippen LogP contribution in [0.4, 0.5) is 0 Å². The smallest absolute Gasteiger partial charge is 0.129 e. The van der Waals surface area contributed by atoms with Gasteiger partial charge in [-0.05, 0) is 47.7 Å². The molecule has 5 rings (SSSR count). The Bertz CT molecular complexity index is 1130. The first kappa shape index (κ1) is 21.4. The van der Waals surface area contributed by atoms with E-state index in [-0.39, 0.29) is 0 Å². The number of ether oxygens (including phenoxy) is 2. The summed E-state index contributed by atoms with van der Waals surface area (Å²) in [5.74, 6) is 0.796. The summed E-state index contributed by atoms with van der Waals surface area (Å²) in [6.45, 7) is 2.36. The minimum atomic E-state index is -1.28. The van der Waals surface area contributed by atoms with Gasteiger partial charge in [-0.3, -0.25) is 5.10 Å². The Balaban J connectivity index is 1.44. The highest BCUT2D eigenvalue weighted by molar-refractivity contribution is 6.31. The molecule has 3 heterocycles. The molecule has 0 bridgehead atoms. The van der Waals surface area contributed by atoms with Crippen molar-refractivity contribution in [1.29, 1.82) is 0 Å². The van der Waals surface area contributed by atoms with E-state index in [1.165, 1.54) is 0 Å². The van der Waals surface area contributed by atoms with Gasteiger partial charge in [0.25, 0.3) is 0 Å². The number of nitrogens with zero attached hydrogens (tertiary/aromatic N) is 1. The third kappa shape index (κ3) is 3.70. The van der Waals surface area contributed by atoms with Crippen LogP contribution in [0.3, 0.4) is 0 Å². The van der Waals surface area contributed by atoms with Gasteiger partial charge in [-0.1, -0.05) is 36.7 Å². The fourth-order valence-corrected chi connectivity index (χ4v) is 4.69. The predicted octanol–water partition coefficient (Wildman–Crippen LogP) is 3.15. The van der Waals surface area contributed by atoms with Crippen molar-refractivity contribution in [3.8, 4) is 17.0 Å². The molecule has 3 aromatic rings. The maximum absolute atomic E-state index is 10.5. The van der Waals surface area contributed by atoms with E-state index in [1.807, 2.05) is 31.3 Å². The summed E-state index contributed by atoms with van der Waals surface area (Å²) in [7, 11) is 0. The van der Waals surface area contributed by atoms with Gasteiger partial charge in [0.15, 0.2) is 0 Å². The first-order chi connectivity index (χ1) is 15.5. The molecular formula is C24H25ClN2O5. The van der Waals surface area contributed by atoms with E-state index in [0.29, 0.717) is 30.0 Å². The molecular weight excluding hydrogens is 432 g/mol. The number of H-pyrrole nitrogens is 1. The molecule has 8 heteroatoms. The molecule has 1 saturated heterocycles. The van der Waals surface area contributed by atoms with Crippen molar-refractivity contribution in [1.82, 2.24) is 10.2 Å². The zero-order chi connectivity index (χ0) is 22.4. The Morgan fingerprint density at radius 2 is 1.94 bits per heavy atom. The fraction of sp³-hybridized carbons (Fsp3) is 0.375. The average Bonchev–Trinajstić information content (AvgIpc) is 3.29. The Hall–Kier alpha value is -2.42. The summed E-state index contributed by atoms with van der Waals surface area (Å²) < 4.78 is 11.7. The number of hydrogen-bond donors (Lipinski definition) is 4. The highest BCUT2D eigenvalue weighted by atomic mass is 35.5. The van der Waals surface area contributed by atoms with Gasteiger partial charge in [-0.25, -0.2) is 0 Å². The summed E-state index contributed by atoms with van der Waals surface area (Å²) in [6.07, 6.45) is -2.02. The van der Waals surface area contributed by atoms with Crippen LogP contribution >= 0.6 is 11.6 Å². The van der Waals surface area contributed by atoms with Gasteiger partial charge in [-0.2, -0.15) is 5.10 Å². The third-order valence-electron chi connectivity index (χ3n) is 6.31. The van der Waals surface area contributed by atoms with Crippen molar-refractivity contribution in [3.05, 3.63) is 69.9 Å². The lowest BCUT2D eigenvalue weighted by atomic mass is 9.89. The molecule has 168 valence electrons. The lowest BCUT2D eigenvalue weighted by Gasteiger charge is -2.40. The Morgan fingerprint density at radius 3 is 2.75 bits per heavy atom. The van der Waals surface area contributed by atoms with Gasteiger partial charge >= 0.3 is 0 Å². The summed E-state index contributed by atoms with van der Waals surface area (Å²) in [4.78, 5) is 0. The highest BCUT2D eigenvalue weighted by Gasteiger charge is 2.43. The number of hydrogen-bond acceptors (Lipinski definition) is 6. The molecule has 0 amide bonds. The molecule has 2 aliphatic rings. The molecule has 32 heavy (non-hydrogen) atoms. The number of aliphatic hydroxyl groups is 3. The summed E-state index contributed by atoms with van der Waals surface area (Å²) >= 11 is 6.50. The van der Waals surface area contributed by atoms with E-state index in [9.17, 15) is 15.3 Å². The average molecular weight is 457 g/mol. The molecule has 0 aliphatic carbocycles. The van der Waals surface area contributed by atoms with Crippen molar-refractivity contribution >= 4 is 11.6 Å². The van der Waals surface area contributed by atoms with Gasteiger partial charge < -0.3 is 24.8 Å². The standard InChI is InChI=1S/C24H25ClN2O5/c1-2-18-21(28)22(29)23(30)24(32-18)13-4-5-17(25)14(9-13)7-12-3-6-19-16(8-12)20-15(11-31-19)10-26-27-20/h3-6,8-10,18,21-24,28-30H,2,7,11H2,1H3,(H,26,27)/t18-,21-,22+,23-,24+/m1/s1. The lowest BCUT2D eigenvalue weighted by molar-refractivity contribution is -0.225. The number of benzene rings is 2. The SMILES string of the molecule is CC[C@H]1O[C@@H](c2ccc(Cl)c(Cc3ccc4c(c3)-c3n[nH]cc3CO4)c2)[C@H](O)[C@@H](O)[C@@H]1O. The van der Waals surface area contributed by atoms with Crippen LogP contribution in [0.5, 0.6) is 5.75 Å². The number of rotatable bonds is 4. The Kier molecular flexibility index (Phi) is 5.69. The molecule has 2 aliphatic heterocycles. The first-order valence-electron chi connectivity index (χ1n) is 10.7. The first-order valence-corrected chi connectivity index (χ1v) is 11.1. The molecule has 5 atom stereocenters. The maximum Gasteiger partial charge on any atom is 0.129 e. The predicted molar refractivity (Wildman–Crippen MR) is 119 cm³/mol. The molecule has 2 aromatic carbocycles. The topological polar surface area (TPSA) is 108 Å². The minimum Gasteiger partial charge on any atom is -0.488 e. The third-order valence-corrected chi connectivity index (χ3v) is 6.68. The Labute approximate surface area is 190 Å². The van der Waals surface area contributed by atoms with Gasteiger partial charge in [-0.15, -0.1) is 0 Å². The van der Waals surface area contributed by atoms with Crippen molar-refractivity contribution in [2.24, 2.45) is 0 Å². The van der Waals surface area contributed by atoms with Gasteiger partial charge in [0.2, 0.25) is 0 Å². The van der Waals surface area contributed by atoms with Crippen molar-refractivity contribution < 1.29 is 24.8 Å². The number of halogens is 1. The minimum absolute atomic E-state index is 0.495. The van der Waals surface area contributed by atoms with Crippen LogP contribution in [0.15, 0.2) is 42.6 Å². The summed E-state index contributed by atoms with van der Waals surface area (Å²) in [6, 6.07) is 11.4. The van der Waals surface area contributed by atoms with Crippen molar-refractivity contribution in [3.63, 3.8) is 0 Å². The van der Waals surface area contributed by atoms with Gasteiger partial charge in [0.05, 0.1) is 6.10 Å². The largest absolute Gasteiger partial charge is 0.488 e. The molecule has 0 unspecified atom stereocenters. The normalized spacial score (nSPS) is 26.8. The maximum atomic E-state index is 10.5. The quantitative estimate of drug-likeness (QED) is 0.480. The van der Waals surface area contributed by atoms with Crippen LogP contribution in [0.25, 0.3) is 11.3 Å². The van der Waals surface area contributed by atoms with E-state index < -0.39 is 30.5 Å². The van der Waals surface area contributed by atoms with E-state index in [0.717, 1.165) is 33.7 Å². The van der Waals surface area contributed by atoms with E-state index in [1.54, 1.807) is 12.1 Å². The van der Waals surface area contributed by atoms with Crippen molar-refractivity contribution in [2.75, 3.05) is 0 Å². The second-order valence-electron chi connectivity index (χ2n) is 8.38. The molecule has 0 radical (unpaired) electrons. The molecule has 1 aromatic heterocycles. The monoisotopic (exact) mass is 456 g/mol. The zero-order valence-corrected chi connectivity index (χ0v) is 18.3. The highest BCUT2D eigenvalue weighted by Crippen LogP contribution is 2.38.